The Bertz CT molecular complexity index is 1230. The van der Waals surface area contributed by atoms with Gasteiger partial charge in [-0.2, -0.15) is 0 Å². The number of nitrogens with one attached hydrogen (secondary N) is 1. The van der Waals surface area contributed by atoms with Gasteiger partial charge in [-0.3, -0.25) is 0 Å². The smallest absolute Gasteiger partial charge is 0.164 e. The molecule has 0 saturated carbocycles. The molecule has 5 rings (SSSR count). The minimum atomic E-state index is -1.08. The van der Waals surface area contributed by atoms with Crippen molar-refractivity contribution in [1.82, 2.24) is 14.5 Å². The Hall–Kier alpha value is -3.46. The Balaban J connectivity index is 1.69. The topological polar surface area (TPSA) is 102 Å². The second kappa shape index (κ2) is 8.23. The molecule has 2 aromatic heterocycles. The standard InChI is InChI=1S/C24H24N4O4/c1-14-20(29)21(30)24(32-14)28-12-18(15-8-10-17(31-2)11-9-15)19-22(25-13-26-23(19)28)27-16-6-4-3-5-7-16/h3-14,20-21,24,29-30H,1-2H3,(H,25,26,27)/t14-,20+,21+,24-/m1/s1. The summed E-state index contributed by atoms with van der Waals surface area (Å²) in [6.45, 7) is 1.74. The van der Waals surface area contributed by atoms with Crippen molar-refractivity contribution in [2.24, 2.45) is 0 Å². The number of nitrogens with zero attached hydrogens (tertiary/aromatic N) is 3. The zero-order valence-corrected chi connectivity index (χ0v) is 17.7. The number of aliphatic hydroxyl groups is 2. The van der Waals surface area contributed by atoms with Crippen LogP contribution < -0.4 is 10.1 Å². The van der Waals surface area contributed by atoms with Crippen LogP contribution >= 0.6 is 0 Å². The molecular weight excluding hydrogens is 408 g/mol. The quantitative estimate of drug-likeness (QED) is 0.444. The average Bonchev–Trinajstić information content (AvgIpc) is 3.33. The van der Waals surface area contributed by atoms with Gasteiger partial charge in [-0.15, -0.1) is 0 Å². The number of aliphatic hydroxyl groups excluding tert-OH is 2. The molecule has 1 saturated heterocycles. The normalized spacial score (nSPS) is 22.9. The number of hydrogen-bond acceptors (Lipinski definition) is 7. The lowest BCUT2D eigenvalue weighted by atomic mass is 10.1. The minimum Gasteiger partial charge on any atom is -0.497 e. The maximum absolute atomic E-state index is 10.6. The Morgan fingerprint density at radius 3 is 2.41 bits per heavy atom. The van der Waals surface area contributed by atoms with Gasteiger partial charge < -0.3 is 29.6 Å². The number of fused-ring (bicyclic) bond motifs is 1. The Morgan fingerprint density at radius 1 is 1.00 bits per heavy atom. The molecule has 3 heterocycles. The summed E-state index contributed by atoms with van der Waals surface area (Å²) < 4.78 is 13.0. The fraction of sp³-hybridized carbons (Fsp3) is 0.250. The second-order valence-corrected chi connectivity index (χ2v) is 7.80. The summed E-state index contributed by atoms with van der Waals surface area (Å²) in [5, 5.41) is 25.0. The fourth-order valence-electron chi connectivity index (χ4n) is 4.08. The Morgan fingerprint density at radius 2 is 1.75 bits per heavy atom. The van der Waals surface area contributed by atoms with Gasteiger partial charge in [0.05, 0.1) is 18.6 Å². The lowest BCUT2D eigenvalue weighted by Crippen LogP contribution is -2.30. The fourth-order valence-corrected chi connectivity index (χ4v) is 4.08. The van der Waals surface area contributed by atoms with Crippen LogP contribution in [0.5, 0.6) is 5.75 Å². The van der Waals surface area contributed by atoms with Crippen LogP contribution in [-0.2, 0) is 4.74 Å². The second-order valence-electron chi connectivity index (χ2n) is 7.80. The number of para-hydroxylation sites is 1. The van der Waals surface area contributed by atoms with Crippen molar-refractivity contribution >= 4 is 22.5 Å². The van der Waals surface area contributed by atoms with Crippen LogP contribution in [0.1, 0.15) is 13.2 Å². The van der Waals surface area contributed by atoms with Crippen molar-refractivity contribution in [3.63, 3.8) is 0 Å². The number of hydrogen-bond donors (Lipinski definition) is 3. The summed E-state index contributed by atoms with van der Waals surface area (Å²) in [4.78, 5) is 9.00. The molecular formula is C24H24N4O4. The van der Waals surface area contributed by atoms with Gasteiger partial charge in [-0.05, 0) is 36.8 Å². The minimum absolute atomic E-state index is 0.499. The van der Waals surface area contributed by atoms with Crippen LogP contribution in [-0.4, -0.2) is 50.2 Å². The van der Waals surface area contributed by atoms with E-state index in [0.717, 1.165) is 28.0 Å². The summed E-state index contributed by atoms with van der Waals surface area (Å²) in [6, 6.07) is 17.5. The summed E-state index contributed by atoms with van der Waals surface area (Å²) in [6.07, 6.45) is 0.0315. The van der Waals surface area contributed by atoms with Crippen LogP contribution in [0.4, 0.5) is 11.5 Å². The van der Waals surface area contributed by atoms with Crippen LogP contribution in [0, 0.1) is 0 Å². The molecule has 32 heavy (non-hydrogen) atoms. The van der Waals surface area contributed by atoms with E-state index in [4.69, 9.17) is 9.47 Å². The van der Waals surface area contributed by atoms with Crippen molar-refractivity contribution in [3.8, 4) is 16.9 Å². The lowest BCUT2D eigenvalue weighted by Gasteiger charge is -2.17. The molecule has 0 spiro atoms. The third-order valence-electron chi connectivity index (χ3n) is 5.80. The molecule has 164 valence electrons. The summed E-state index contributed by atoms with van der Waals surface area (Å²) >= 11 is 0. The van der Waals surface area contributed by atoms with Crippen LogP contribution in [0.2, 0.25) is 0 Å². The van der Waals surface area contributed by atoms with E-state index in [1.807, 2.05) is 60.8 Å². The molecule has 1 aliphatic heterocycles. The molecule has 0 unspecified atom stereocenters. The summed E-state index contributed by atoms with van der Waals surface area (Å²) in [7, 11) is 1.63. The first-order valence-corrected chi connectivity index (χ1v) is 10.4. The average molecular weight is 432 g/mol. The maximum atomic E-state index is 10.6. The SMILES string of the molecule is COc1ccc(-c2cn([C@@H]3O[C@H](C)[C@H](O)[C@@H]3O)c3ncnc(Nc4ccccc4)c23)cc1. The van der Waals surface area contributed by atoms with E-state index in [9.17, 15) is 10.2 Å². The van der Waals surface area contributed by atoms with E-state index in [-0.39, 0.29) is 0 Å². The van der Waals surface area contributed by atoms with Gasteiger partial charge in [0.25, 0.3) is 0 Å². The monoisotopic (exact) mass is 432 g/mol. The lowest BCUT2D eigenvalue weighted by molar-refractivity contribution is -0.0295. The van der Waals surface area contributed by atoms with Gasteiger partial charge in [0, 0.05) is 17.4 Å². The molecule has 0 radical (unpaired) electrons. The highest BCUT2D eigenvalue weighted by molar-refractivity contribution is 6.02. The first-order valence-electron chi connectivity index (χ1n) is 10.4. The molecule has 8 heteroatoms. The van der Waals surface area contributed by atoms with Gasteiger partial charge in [-0.25, -0.2) is 9.97 Å². The van der Waals surface area contributed by atoms with E-state index < -0.39 is 24.5 Å². The number of rotatable bonds is 5. The van der Waals surface area contributed by atoms with Crippen molar-refractivity contribution < 1.29 is 19.7 Å². The molecule has 2 aromatic carbocycles. The van der Waals surface area contributed by atoms with E-state index in [1.54, 1.807) is 18.6 Å². The zero-order chi connectivity index (χ0) is 22.2. The molecule has 0 bridgehead atoms. The largest absolute Gasteiger partial charge is 0.497 e. The van der Waals surface area contributed by atoms with Crippen LogP contribution in [0.25, 0.3) is 22.2 Å². The predicted molar refractivity (Wildman–Crippen MR) is 121 cm³/mol. The Labute approximate surface area is 185 Å². The maximum Gasteiger partial charge on any atom is 0.164 e. The highest BCUT2D eigenvalue weighted by Crippen LogP contribution is 2.39. The van der Waals surface area contributed by atoms with Crippen LogP contribution in [0.15, 0.2) is 67.1 Å². The number of anilines is 2. The number of benzene rings is 2. The summed E-state index contributed by atoms with van der Waals surface area (Å²) in [5.41, 5.74) is 3.28. The van der Waals surface area contributed by atoms with Gasteiger partial charge in [0.2, 0.25) is 0 Å². The van der Waals surface area contributed by atoms with Gasteiger partial charge >= 0.3 is 0 Å². The molecule has 4 atom stereocenters. The predicted octanol–water partition coefficient (Wildman–Crippen LogP) is 3.49. The van der Waals surface area contributed by atoms with Crippen molar-refractivity contribution in [3.05, 3.63) is 67.1 Å². The van der Waals surface area contributed by atoms with E-state index in [0.29, 0.717) is 11.5 Å². The zero-order valence-electron chi connectivity index (χ0n) is 17.7. The van der Waals surface area contributed by atoms with Crippen molar-refractivity contribution in [1.29, 1.82) is 0 Å². The molecule has 4 aromatic rings. The van der Waals surface area contributed by atoms with E-state index in [2.05, 4.69) is 15.3 Å². The third-order valence-corrected chi connectivity index (χ3v) is 5.80. The van der Waals surface area contributed by atoms with Gasteiger partial charge in [-0.1, -0.05) is 30.3 Å². The number of ether oxygens (including phenoxy) is 2. The molecule has 1 fully saturated rings. The first kappa shape index (κ1) is 20.4. The number of methoxy groups -OCH3 is 1. The first-order chi connectivity index (χ1) is 15.6. The highest BCUT2D eigenvalue weighted by Gasteiger charge is 2.42. The number of aromatic nitrogens is 3. The Kier molecular flexibility index (Phi) is 5.26. The molecule has 3 N–H and O–H groups in total. The van der Waals surface area contributed by atoms with E-state index in [1.165, 1.54) is 6.33 Å². The van der Waals surface area contributed by atoms with Crippen molar-refractivity contribution in [2.75, 3.05) is 12.4 Å². The van der Waals surface area contributed by atoms with Crippen molar-refractivity contribution in [2.45, 2.75) is 31.5 Å². The molecule has 0 amide bonds. The van der Waals surface area contributed by atoms with E-state index >= 15 is 0 Å². The van der Waals surface area contributed by atoms with Gasteiger partial charge in [0.1, 0.15) is 35.7 Å². The van der Waals surface area contributed by atoms with Gasteiger partial charge in [0.15, 0.2) is 6.23 Å². The third kappa shape index (κ3) is 3.48. The van der Waals surface area contributed by atoms with Crippen LogP contribution in [0.3, 0.4) is 0 Å². The molecule has 0 aliphatic carbocycles. The molecule has 1 aliphatic rings. The molecule has 8 nitrogen and oxygen atoms in total. The highest BCUT2D eigenvalue weighted by atomic mass is 16.6. The summed E-state index contributed by atoms with van der Waals surface area (Å²) in [5.74, 6) is 1.38.